The highest BCUT2D eigenvalue weighted by atomic mass is 16.3. The summed E-state index contributed by atoms with van der Waals surface area (Å²) in [4.78, 5) is 0. The number of phenols is 2. The zero-order chi connectivity index (χ0) is 13.0. The summed E-state index contributed by atoms with van der Waals surface area (Å²) in [6.45, 7) is 2.83. The van der Waals surface area contributed by atoms with Gasteiger partial charge in [-0.05, 0) is 31.7 Å². The van der Waals surface area contributed by atoms with Gasteiger partial charge in [0.25, 0.3) is 0 Å². The summed E-state index contributed by atoms with van der Waals surface area (Å²) in [6, 6.07) is 5.57. The highest BCUT2D eigenvalue weighted by Gasteiger charge is 2.19. The lowest BCUT2D eigenvalue weighted by atomic mass is 9.84. The Labute approximate surface area is 109 Å². The lowest BCUT2D eigenvalue weighted by Gasteiger charge is -2.28. The summed E-state index contributed by atoms with van der Waals surface area (Å²) in [6.07, 6.45) is 6.67. The van der Waals surface area contributed by atoms with Gasteiger partial charge in [-0.3, -0.25) is 0 Å². The third kappa shape index (κ3) is 3.16. The molecule has 3 heteroatoms. The van der Waals surface area contributed by atoms with Gasteiger partial charge >= 0.3 is 0 Å². The Morgan fingerprint density at radius 2 is 1.94 bits per heavy atom. The Morgan fingerprint density at radius 3 is 2.67 bits per heavy atom. The van der Waals surface area contributed by atoms with E-state index in [1.165, 1.54) is 38.2 Å². The molecule has 1 aliphatic rings. The minimum atomic E-state index is -0.0420. The van der Waals surface area contributed by atoms with Gasteiger partial charge in [0.15, 0.2) is 11.5 Å². The molecule has 0 heterocycles. The Hall–Kier alpha value is -1.22. The number of hydrogen-bond donors (Lipinski definition) is 3. The molecule has 0 bridgehead atoms. The van der Waals surface area contributed by atoms with E-state index in [-0.39, 0.29) is 11.5 Å². The molecule has 0 spiro atoms. The molecule has 0 saturated heterocycles. The maximum absolute atomic E-state index is 9.73. The molecule has 18 heavy (non-hydrogen) atoms. The number of rotatable bonds is 4. The van der Waals surface area contributed by atoms with E-state index in [1.54, 1.807) is 6.07 Å². The van der Waals surface area contributed by atoms with Crippen LogP contribution in [0, 0.1) is 5.92 Å². The fourth-order valence-electron chi connectivity index (χ4n) is 2.79. The van der Waals surface area contributed by atoms with Crippen LogP contribution in [0.25, 0.3) is 0 Å². The molecule has 2 rings (SSSR count). The summed E-state index contributed by atoms with van der Waals surface area (Å²) < 4.78 is 0. The monoisotopic (exact) mass is 249 g/mol. The number of para-hydroxylation sites is 1. The highest BCUT2D eigenvalue weighted by Crippen LogP contribution is 2.29. The molecule has 0 aliphatic heterocycles. The van der Waals surface area contributed by atoms with Crippen molar-refractivity contribution in [3.8, 4) is 11.5 Å². The van der Waals surface area contributed by atoms with Crippen LogP contribution in [0.5, 0.6) is 11.5 Å². The first-order valence-electron chi connectivity index (χ1n) is 6.91. The molecule has 0 radical (unpaired) electrons. The Balaban J connectivity index is 1.88. The molecule has 100 valence electrons. The molecule has 1 aliphatic carbocycles. The predicted molar refractivity (Wildman–Crippen MR) is 72.6 cm³/mol. The van der Waals surface area contributed by atoms with E-state index in [4.69, 9.17) is 0 Å². The maximum atomic E-state index is 9.73. The maximum Gasteiger partial charge on any atom is 0.161 e. The van der Waals surface area contributed by atoms with Crippen molar-refractivity contribution in [1.29, 1.82) is 0 Å². The molecule has 1 aromatic carbocycles. The van der Waals surface area contributed by atoms with Gasteiger partial charge < -0.3 is 15.5 Å². The Kier molecular flexibility index (Phi) is 4.48. The van der Waals surface area contributed by atoms with Crippen molar-refractivity contribution in [1.82, 2.24) is 5.32 Å². The topological polar surface area (TPSA) is 52.5 Å². The van der Waals surface area contributed by atoms with Gasteiger partial charge in [0.2, 0.25) is 0 Å². The molecule has 0 aromatic heterocycles. The van der Waals surface area contributed by atoms with Crippen LogP contribution in [0.4, 0.5) is 0 Å². The molecule has 1 aromatic rings. The number of nitrogens with one attached hydrogen (secondary N) is 1. The average Bonchev–Trinajstić information content (AvgIpc) is 2.41. The van der Waals surface area contributed by atoms with E-state index < -0.39 is 0 Å². The van der Waals surface area contributed by atoms with Crippen molar-refractivity contribution in [2.75, 3.05) is 0 Å². The van der Waals surface area contributed by atoms with Crippen molar-refractivity contribution < 1.29 is 10.2 Å². The van der Waals surface area contributed by atoms with E-state index in [0.29, 0.717) is 12.6 Å². The van der Waals surface area contributed by atoms with Gasteiger partial charge in [0.1, 0.15) is 0 Å². The molecule has 1 fully saturated rings. The van der Waals surface area contributed by atoms with Crippen LogP contribution < -0.4 is 5.32 Å². The van der Waals surface area contributed by atoms with Gasteiger partial charge in [-0.15, -0.1) is 0 Å². The van der Waals surface area contributed by atoms with Gasteiger partial charge in [-0.25, -0.2) is 0 Å². The quantitative estimate of drug-likeness (QED) is 0.718. The molecule has 3 N–H and O–H groups in total. The predicted octanol–water partition coefficient (Wildman–Crippen LogP) is 3.16. The van der Waals surface area contributed by atoms with Crippen molar-refractivity contribution in [3.63, 3.8) is 0 Å². The first-order chi connectivity index (χ1) is 8.68. The Bertz CT molecular complexity index is 386. The largest absolute Gasteiger partial charge is 0.504 e. The zero-order valence-corrected chi connectivity index (χ0v) is 11.0. The molecule has 1 atom stereocenters. The van der Waals surface area contributed by atoms with E-state index in [9.17, 15) is 10.2 Å². The van der Waals surface area contributed by atoms with Gasteiger partial charge in [-0.1, -0.05) is 31.4 Å². The first kappa shape index (κ1) is 13.2. The molecule has 0 amide bonds. The van der Waals surface area contributed by atoms with Crippen LogP contribution >= 0.6 is 0 Å². The summed E-state index contributed by atoms with van der Waals surface area (Å²) in [5.41, 5.74) is 0.762. The first-order valence-corrected chi connectivity index (χ1v) is 6.91. The Morgan fingerprint density at radius 1 is 1.22 bits per heavy atom. The van der Waals surface area contributed by atoms with Gasteiger partial charge in [-0.2, -0.15) is 0 Å². The minimum absolute atomic E-state index is 0.000782. The van der Waals surface area contributed by atoms with Crippen LogP contribution in [-0.2, 0) is 6.54 Å². The summed E-state index contributed by atoms with van der Waals surface area (Å²) in [5, 5.41) is 22.6. The fraction of sp³-hybridized carbons (Fsp3) is 0.600. The van der Waals surface area contributed by atoms with Crippen LogP contribution in [-0.4, -0.2) is 16.3 Å². The standard InChI is InChI=1S/C15H23NO2/c1-11(12-6-3-2-4-7-12)16-10-13-8-5-9-14(17)15(13)18/h5,8-9,11-12,16-18H,2-4,6-7,10H2,1H3. The third-order valence-corrected chi connectivity index (χ3v) is 4.07. The summed E-state index contributed by atoms with van der Waals surface area (Å²) in [7, 11) is 0. The lowest BCUT2D eigenvalue weighted by molar-refractivity contribution is 0.279. The zero-order valence-electron chi connectivity index (χ0n) is 11.0. The normalized spacial score (nSPS) is 18.7. The minimum Gasteiger partial charge on any atom is -0.504 e. The van der Waals surface area contributed by atoms with Crippen molar-refractivity contribution in [2.24, 2.45) is 5.92 Å². The average molecular weight is 249 g/mol. The van der Waals surface area contributed by atoms with E-state index in [0.717, 1.165) is 11.5 Å². The van der Waals surface area contributed by atoms with E-state index in [2.05, 4.69) is 12.2 Å². The van der Waals surface area contributed by atoms with Crippen LogP contribution in [0.2, 0.25) is 0 Å². The molecule has 1 saturated carbocycles. The summed E-state index contributed by atoms with van der Waals surface area (Å²) >= 11 is 0. The van der Waals surface area contributed by atoms with Crippen molar-refractivity contribution >= 4 is 0 Å². The molecule has 1 unspecified atom stereocenters. The highest BCUT2D eigenvalue weighted by molar-refractivity contribution is 5.44. The fourth-order valence-corrected chi connectivity index (χ4v) is 2.79. The van der Waals surface area contributed by atoms with E-state index in [1.807, 2.05) is 6.07 Å². The summed E-state index contributed by atoms with van der Waals surface area (Å²) in [5.74, 6) is 0.707. The SMILES string of the molecule is CC(NCc1cccc(O)c1O)C1CCCCC1. The molecule has 3 nitrogen and oxygen atoms in total. The number of phenolic OH excluding ortho intramolecular Hbond substituents is 2. The van der Waals surface area contributed by atoms with Gasteiger partial charge in [0.05, 0.1) is 0 Å². The molecular formula is C15H23NO2. The number of benzene rings is 1. The van der Waals surface area contributed by atoms with Crippen molar-refractivity contribution in [3.05, 3.63) is 23.8 Å². The van der Waals surface area contributed by atoms with Gasteiger partial charge in [0, 0.05) is 18.2 Å². The second-order valence-electron chi connectivity index (χ2n) is 5.35. The lowest BCUT2D eigenvalue weighted by Crippen LogP contribution is -2.34. The third-order valence-electron chi connectivity index (χ3n) is 4.07. The van der Waals surface area contributed by atoms with Crippen molar-refractivity contribution in [2.45, 2.75) is 51.6 Å². The second-order valence-corrected chi connectivity index (χ2v) is 5.35. The second kappa shape index (κ2) is 6.10. The number of aromatic hydroxyl groups is 2. The number of hydrogen-bond acceptors (Lipinski definition) is 3. The smallest absolute Gasteiger partial charge is 0.161 e. The van der Waals surface area contributed by atoms with Crippen LogP contribution in [0.1, 0.15) is 44.6 Å². The van der Waals surface area contributed by atoms with Crippen LogP contribution in [0.3, 0.4) is 0 Å². The van der Waals surface area contributed by atoms with Crippen LogP contribution in [0.15, 0.2) is 18.2 Å². The molecular weight excluding hydrogens is 226 g/mol. The van der Waals surface area contributed by atoms with E-state index >= 15 is 0 Å².